The average Bonchev–Trinajstić information content (AvgIpc) is 3.37. The Morgan fingerprint density at radius 2 is 1.94 bits per heavy atom. The van der Waals surface area contributed by atoms with Gasteiger partial charge in [0.25, 0.3) is 5.56 Å². The number of aromatic amines is 1. The van der Waals surface area contributed by atoms with E-state index in [1.165, 1.54) is 32.2 Å². The van der Waals surface area contributed by atoms with Crippen molar-refractivity contribution < 1.29 is 0 Å². The Bertz CT molecular complexity index is 1210. The molecule has 7 heteroatoms. The monoisotopic (exact) mass is 478 g/mol. The Morgan fingerprint density at radius 3 is 2.65 bits per heavy atom. The lowest BCUT2D eigenvalue weighted by atomic mass is 10.1. The number of hydrogen-bond acceptors (Lipinski definition) is 5. The summed E-state index contributed by atoms with van der Waals surface area (Å²) in [7, 11) is 0. The largest absolute Gasteiger partial charge is 0.342 e. The predicted octanol–water partition coefficient (Wildman–Crippen LogP) is 5.17. The number of aromatic nitrogens is 2. The number of anilines is 2. The standard InChI is InChI=1S/C27H34N4O2S/c1-3-21-18-23(10-9-20(21)2)28-25-19-26(32)31(27(33)29-25)14-6-4-5-13-30-15-11-22(12-16-30)24-8-7-17-34-24/h7-11,17-19,28H,3-6,12-16H2,1-2H3,(H,29,33). The van der Waals surface area contributed by atoms with E-state index < -0.39 is 0 Å². The number of benzene rings is 1. The number of aryl methyl sites for hydroxylation is 2. The molecule has 1 aliphatic rings. The number of thiophene rings is 1. The van der Waals surface area contributed by atoms with Crippen LogP contribution in [0.15, 0.2) is 57.4 Å². The molecule has 3 aromatic rings. The first-order chi connectivity index (χ1) is 16.5. The lowest BCUT2D eigenvalue weighted by Crippen LogP contribution is -2.35. The summed E-state index contributed by atoms with van der Waals surface area (Å²) in [5.74, 6) is 0.428. The normalized spacial score (nSPS) is 14.2. The van der Waals surface area contributed by atoms with Crippen molar-refractivity contribution in [2.75, 3.05) is 25.0 Å². The molecule has 3 heterocycles. The summed E-state index contributed by atoms with van der Waals surface area (Å²) in [6.07, 6.45) is 7.27. The second-order valence-electron chi connectivity index (χ2n) is 8.92. The van der Waals surface area contributed by atoms with Gasteiger partial charge in [0, 0.05) is 36.3 Å². The highest BCUT2D eigenvalue weighted by Crippen LogP contribution is 2.26. The summed E-state index contributed by atoms with van der Waals surface area (Å²) in [6.45, 7) is 7.79. The molecule has 1 aliphatic heterocycles. The van der Waals surface area contributed by atoms with Crippen LogP contribution >= 0.6 is 11.3 Å². The van der Waals surface area contributed by atoms with Gasteiger partial charge >= 0.3 is 5.69 Å². The third kappa shape index (κ3) is 6.15. The van der Waals surface area contributed by atoms with Gasteiger partial charge in [0.15, 0.2) is 0 Å². The van der Waals surface area contributed by atoms with E-state index in [1.807, 2.05) is 23.5 Å². The summed E-state index contributed by atoms with van der Waals surface area (Å²) in [6, 6.07) is 11.8. The van der Waals surface area contributed by atoms with Gasteiger partial charge in [-0.05, 0) is 79.4 Å². The molecule has 0 saturated carbocycles. The molecule has 180 valence electrons. The molecule has 6 nitrogen and oxygen atoms in total. The van der Waals surface area contributed by atoms with Crippen LogP contribution in [0.4, 0.5) is 11.5 Å². The quantitative estimate of drug-likeness (QED) is 0.394. The van der Waals surface area contributed by atoms with E-state index in [0.29, 0.717) is 12.4 Å². The Hall–Kier alpha value is -2.90. The average molecular weight is 479 g/mol. The van der Waals surface area contributed by atoms with E-state index in [0.717, 1.165) is 57.4 Å². The predicted molar refractivity (Wildman–Crippen MR) is 142 cm³/mol. The maximum atomic E-state index is 12.6. The van der Waals surface area contributed by atoms with Crippen LogP contribution in [0.2, 0.25) is 0 Å². The summed E-state index contributed by atoms with van der Waals surface area (Å²) >= 11 is 1.81. The van der Waals surface area contributed by atoms with Gasteiger partial charge in [-0.15, -0.1) is 11.3 Å². The van der Waals surface area contributed by atoms with Crippen LogP contribution in [-0.2, 0) is 13.0 Å². The SMILES string of the molecule is CCc1cc(Nc2cc(=O)n(CCCCCN3CC=C(c4cccs4)CC3)c(=O)[nH]2)ccc1C. The van der Waals surface area contributed by atoms with E-state index in [4.69, 9.17) is 0 Å². The second kappa shape index (κ2) is 11.5. The molecule has 4 rings (SSSR count). The van der Waals surface area contributed by atoms with Crippen LogP contribution in [0.5, 0.6) is 0 Å². The molecule has 0 unspecified atom stereocenters. The third-order valence-corrected chi connectivity index (χ3v) is 7.46. The lowest BCUT2D eigenvalue weighted by Gasteiger charge is -2.25. The van der Waals surface area contributed by atoms with Crippen LogP contribution in [0.1, 0.15) is 48.6 Å². The van der Waals surface area contributed by atoms with Crippen molar-refractivity contribution in [1.82, 2.24) is 14.5 Å². The molecule has 1 aromatic carbocycles. The van der Waals surface area contributed by atoms with E-state index in [1.54, 1.807) is 0 Å². The molecular formula is C27H34N4O2S. The van der Waals surface area contributed by atoms with Crippen LogP contribution < -0.4 is 16.6 Å². The number of H-pyrrole nitrogens is 1. The van der Waals surface area contributed by atoms with Gasteiger partial charge in [0.1, 0.15) is 5.82 Å². The first-order valence-corrected chi connectivity index (χ1v) is 13.1. The van der Waals surface area contributed by atoms with Gasteiger partial charge in [-0.1, -0.05) is 31.6 Å². The molecule has 0 aliphatic carbocycles. The number of hydrogen-bond donors (Lipinski definition) is 2. The zero-order valence-corrected chi connectivity index (χ0v) is 20.9. The highest BCUT2D eigenvalue weighted by Gasteiger charge is 2.13. The fraction of sp³-hybridized carbons (Fsp3) is 0.407. The van der Waals surface area contributed by atoms with Gasteiger partial charge in [0.05, 0.1) is 0 Å². The van der Waals surface area contributed by atoms with E-state index >= 15 is 0 Å². The Morgan fingerprint density at radius 1 is 1.09 bits per heavy atom. The molecule has 0 atom stereocenters. The van der Waals surface area contributed by atoms with Crippen molar-refractivity contribution in [2.45, 2.75) is 52.5 Å². The first kappa shape index (κ1) is 24.2. The summed E-state index contributed by atoms with van der Waals surface area (Å²) in [4.78, 5) is 31.8. The second-order valence-corrected chi connectivity index (χ2v) is 9.86. The van der Waals surface area contributed by atoms with Gasteiger partial charge in [-0.3, -0.25) is 19.2 Å². The maximum Gasteiger partial charge on any atom is 0.329 e. The minimum absolute atomic E-state index is 0.267. The van der Waals surface area contributed by atoms with Crippen LogP contribution in [0.25, 0.3) is 5.57 Å². The highest BCUT2D eigenvalue weighted by atomic mass is 32.1. The molecule has 0 spiro atoms. The zero-order valence-electron chi connectivity index (χ0n) is 20.1. The number of nitrogens with zero attached hydrogens (tertiary/aromatic N) is 2. The maximum absolute atomic E-state index is 12.6. The van der Waals surface area contributed by atoms with E-state index in [2.05, 4.69) is 58.7 Å². The molecule has 2 aromatic heterocycles. The van der Waals surface area contributed by atoms with Gasteiger partial charge < -0.3 is 5.32 Å². The topological polar surface area (TPSA) is 70.1 Å². The molecule has 0 fully saturated rings. The number of rotatable bonds is 10. The molecule has 34 heavy (non-hydrogen) atoms. The molecule has 0 bridgehead atoms. The van der Waals surface area contributed by atoms with Crippen molar-refractivity contribution in [3.05, 3.63) is 84.7 Å². The molecular weight excluding hydrogens is 444 g/mol. The third-order valence-electron chi connectivity index (χ3n) is 6.52. The molecule has 0 amide bonds. The van der Waals surface area contributed by atoms with Crippen molar-refractivity contribution in [3.8, 4) is 0 Å². The summed E-state index contributed by atoms with van der Waals surface area (Å²) < 4.78 is 1.30. The smallest absolute Gasteiger partial charge is 0.329 e. The van der Waals surface area contributed by atoms with E-state index in [-0.39, 0.29) is 11.2 Å². The van der Waals surface area contributed by atoms with E-state index in [9.17, 15) is 9.59 Å². The molecule has 0 saturated heterocycles. The van der Waals surface area contributed by atoms with Crippen molar-refractivity contribution in [3.63, 3.8) is 0 Å². The van der Waals surface area contributed by atoms with Crippen molar-refractivity contribution in [2.24, 2.45) is 0 Å². The summed E-state index contributed by atoms with van der Waals surface area (Å²) in [5, 5.41) is 5.29. The number of unbranched alkanes of at least 4 members (excludes halogenated alkanes) is 2. The van der Waals surface area contributed by atoms with Crippen molar-refractivity contribution >= 4 is 28.4 Å². The minimum Gasteiger partial charge on any atom is -0.342 e. The summed E-state index contributed by atoms with van der Waals surface area (Å²) in [5.41, 5.74) is 4.18. The first-order valence-electron chi connectivity index (χ1n) is 12.2. The fourth-order valence-electron chi connectivity index (χ4n) is 4.47. The van der Waals surface area contributed by atoms with Crippen LogP contribution in [0, 0.1) is 6.92 Å². The van der Waals surface area contributed by atoms with Gasteiger partial charge in [-0.25, -0.2) is 4.79 Å². The Balaban J connectivity index is 1.24. The Labute approximate surface area is 205 Å². The lowest BCUT2D eigenvalue weighted by molar-refractivity contribution is 0.293. The van der Waals surface area contributed by atoms with Crippen molar-refractivity contribution in [1.29, 1.82) is 0 Å². The molecule has 0 radical (unpaired) electrons. The zero-order chi connectivity index (χ0) is 23.9. The highest BCUT2D eigenvalue weighted by molar-refractivity contribution is 7.11. The molecule has 2 N–H and O–H groups in total. The van der Waals surface area contributed by atoms with Gasteiger partial charge in [0.2, 0.25) is 0 Å². The van der Waals surface area contributed by atoms with Gasteiger partial charge in [-0.2, -0.15) is 0 Å². The minimum atomic E-state index is -0.361. The van der Waals surface area contributed by atoms with Crippen LogP contribution in [-0.4, -0.2) is 34.1 Å². The Kier molecular flexibility index (Phi) is 8.19. The van der Waals surface area contributed by atoms with Crippen LogP contribution in [0.3, 0.4) is 0 Å². The fourth-order valence-corrected chi connectivity index (χ4v) is 5.26. The number of nitrogens with one attached hydrogen (secondary N) is 2.